The SMILES string of the molecule is Cc1oc(-c2ccccc2)nc1CN1C(=O)[C@@H]2CCCN2C1=O. The summed E-state index contributed by atoms with van der Waals surface area (Å²) in [5.41, 5.74) is 1.51. The summed E-state index contributed by atoms with van der Waals surface area (Å²) in [6, 6.07) is 9.10. The highest BCUT2D eigenvalue weighted by molar-refractivity contribution is 6.04. The van der Waals surface area contributed by atoms with E-state index < -0.39 is 0 Å². The zero-order valence-corrected chi connectivity index (χ0v) is 12.9. The molecule has 2 fully saturated rings. The number of amides is 3. The molecule has 3 amide bonds. The van der Waals surface area contributed by atoms with Crippen LogP contribution in [0.2, 0.25) is 0 Å². The van der Waals surface area contributed by atoms with E-state index in [4.69, 9.17) is 4.42 Å². The molecule has 6 nitrogen and oxygen atoms in total. The molecule has 0 bridgehead atoms. The second kappa shape index (κ2) is 5.22. The molecular weight excluding hydrogens is 294 g/mol. The maximum Gasteiger partial charge on any atom is 0.327 e. The van der Waals surface area contributed by atoms with Crippen molar-refractivity contribution in [2.75, 3.05) is 6.54 Å². The molecule has 0 spiro atoms. The van der Waals surface area contributed by atoms with Gasteiger partial charge in [-0.2, -0.15) is 0 Å². The highest BCUT2D eigenvalue weighted by Gasteiger charge is 2.47. The maximum absolute atomic E-state index is 12.4. The van der Waals surface area contributed by atoms with Crippen LogP contribution in [0.3, 0.4) is 0 Å². The Morgan fingerprint density at radius 3 is 2.78 bits per heavy atom. The van der Waals surface area contributed by atoms with Crippen molar-refractivity contribution < 1.29 is 14.0 Å². The minimum Gasteiger partial charge on any atom is -0.441 e. The van der Waals surface area contributed by atoms with Crippen molar-refractivity contribution >= 4 is 11.9 Å². The van der Waals surface area contributed by atoms with Crippen LogP contribution in [0, 0.1) is 6.92 Å². The Morgan fingerprint density at radius 1 is 1.26 bits per heavy atom. The van der Waals surface area contributed by atoms with Gasteiger partial charge in [-0.05, 0) is 31.9 Å². The highest BCUT2D eigenvalue weighted by atomic mass is 16.4. The van der Waals surface area contributed by atoms with Gasteiger partial charge in [0.05, 0.1) is 6.54 Å². The lowest BCUT2D eigenvalue weighted by molar-refractivity contribution is -0.128. The molecule has 1 aromatic carbocycles. The van der Waals surface area contributed by atoms with Gasteiger partial charge in [0.25, 0.3) is 5.91 Å². The lowest BCUT2D eigenvalue weighted by Gasteiger charge is -2.14. The molecular formula is C17H17N3O3. The number of imide groups is 1. The summed E-state index contributed by atoms with van der Waals surface area (Å²) in [6.45, 7) is 2.65. The summed E-state index contributed by atoms with van der Waals surface area (Å²) in [5, 5.41) is 0. The molecule has 0 aliphatic carbocycles. The molecule has 1 aromatic heterocycles. The molecule has 0 radical (unpaired) electrons. The first kappa shape index (κ1) is 14.0. The predicted octanol–water partition coefficient (Wildman–Crippen LogP) is 2.58. The minimum atomic E-state index is -0.275. The van der Waals surface area contributed by atoms with Crippen LogP contribution in [0.15, 0.2) is 34.7 Å². The number of aromatic nitrogens is 1. The monoisotopic (exact) mass is 311 g/mol. The molecule has 3 heterocycles. The van der Waals surface area contributed by atoms with E-state index in [-0.39, 0.29) is 24.5 Å². The topological polar surface area (TPSA) is 66.7 Å². The third-order valence-corrected chi connectivity index (χ3v) is 4.50. The Balaban J connectivity index is 1.59. The van der Waals surface area contributed by atoms with Crippen molar-refractivity contribution in [2.24, 2.45) is 0 Å². The molecule has 0 saturated carbocycles. The lowest BCUT2D eigenvalue weighted by Crippen LogP contribution is -2.32. The largest absolute Gasteiger partial charge is 0.441 e. The van der Waals surface area contributed by atoms with Crippen molar-refractivity contribution in [3.05, 3.63) is 41.8 Å². The van der Waals surface area contributed by atoms with Crippen LogP contribution in [-0.2, 0) is 11.3 Å². The fourth-order valence-corrected chi connectivity index (χ4v) is 3.26. The van der Waals surface area contributed by atoms with Gasteiger partial charge in [-0.1, -0.05) is 18.2 Å². The average molecular weight is 311 g/mol. The van der Waals surface area contributed by atoms with Gasteiger partial charge in [-0.15, -0.1) is 0 Å². The predicted molar refractivity (Wildman–Crippen MR) is 82.4 cm³/mol. The molecule has 2 aromatic rings. The second-order valence-corrected chi connectivity index (χ2v) is 5.95. The van der Waals surface area contributed by atoms with Gasteiger partial charge >= 0.3 is 6.03 Å². The van der Waals surface area contributed by atoms with E-state index in [2.05, 4.69) is 4.98 Å². The molecule has 6 heteroatoms. The van der Waals surface area contributed by atoms with Crippen LogP contribution in [0.4, 0.5) is 4.79 Å². The van der Waals surface area contributed by atoms with Crippen molar-refractivity contribution in [3.8, 4) is 11.5 Å². The van der Waals surface area contributed by atoms with Gasteiger partial charge in [0.1, 0.15) is 17.5 Å². The zero-order chi connectivity index (χ0) is 16.0. The minimum absolute atomic E-state index is 0.115. The Morgan fingerprint density at radius 2 is 2.04 bits per heavy atom. The van der Waals surface area contributed by atoms with E-state index in [9.17, 15) is 9.59 Å². The van der Waals surface area contributed by atoms with Crippen LogP contribution < -0.4 is 0 Å². The molecule has 2 aliphatic heterocycles. The van der Waals surface area contributed by atoms with Crippen LogP contribution in [0.25, 0.3) is 11.5 Å². The van der Waals surface area contributed by atoms with Gasteiger partial charge in [-0.3, -0.25) is 9.69 Å². The van der Waals surface area contributed by atoms with E-state index in [1.54, 1.807) is 11.8 Å². The number of benzene rings is 1. The number of hydrogen-bond acceptors (Lipinski definition) is 4. The fraction of sp³-hybridized carbons (Fsp3) is 0.353. The molecule has 118 valence electrons. The first-order valence-corrected chi connectivity index (χ1v) is 7.79. The average Bonchev–Trinajstić information content (AvgIpc) is 3.23. The molecule has 2 saturated heterocycles. The molecule has 4 rings (SSSR count). The summed E-state index contributed by atoms with van der Waals surface area (Å²) < 4.78 is 5.70. The third kappa shape index (κ3) is 2.21. The number of carbonyl (C=O) groups is 2. The molecule has 2 aliphatic rings. The molecule has 1 atom stereocenters. The van der Waals surface area contributed by atoms with Gasteiger partial charge in [0.2, 0.25) is 5.89 Å². The van der Waals surface area contributed by atoms with Crippen molar-refractivity contribution in [2.45, 2.75) is 32.4 Å². The Kier molecular flexibility index (Phi) is 3.18. The van der Waals surface area contributed by atoms with Crippen LogP contribution >= 0.6 is 0 Å². The zero-order valence-electron chi connectivity index (χ0n) is 12.9. The number of aryl methyl sites for hydroxylation is 1. The number of nitrogens with zero attached hydrogens (tertiary/aromatic N) is 3. The number of hydrogen-bond donors (Lipinski definition) is 0. The normalized spacial score (nSPS) is 20.5. The van der Waals surface area contributed by atoms with Crippen LogP contribution in [0.1, 0.15) is 24.3 Å². The van der Waals surface area contributed by atoms with Gasteiger partial charge in [0.15, 0.2) is 0 Å². The number of urea groups is 1. The van der Waals surface area contributed by atoms with E-state index in [1.807, 2.05) is 30.3 Å². The van der Waals surface area contributed by atoms with Gasteiger partial charge in [0, 0.05) is 12.1 Å². The smallest absolute Gasteiger partial charge is 0.327 e. The fourth-order valence-electron chi connectivity index (χ4n) is 3.26. The summed E-state index contributed by atoms with van der Waals surface area (Å²) in [6.07, 6.45) is 1.66. The number of oxazole rings is 1. The highest BCUT2D eigenvalue weighted by Crippen LogP contribution is 2.29. The second-order valence-electron chi connectivity index (χ2n) is 5.95. The Labute approximate surface area is 133 Å². The van der Waals surface area contributed by atoms with Crippen molar-refractivity contribution in [3.63, 3.8) is 0 Å². The van der Waals surface area contributed by atoms with E-state index in [1.165, 1.54) is 4.90 Å². The standard InChI is InChI=1S/C17H17N3O3/c1-11-13(18-15(23-11)12-6-3-2-4-7-12)10-20-16(21)14-8-5-9-19(14)17(20)22/h2-4,6-7,14H,5,8-10H2,1H3/t14-/m0/s1. The van der Waals surface area contributed by atoms with Gasteiger partial charge < -0.3 is 9.32 Å². The summed E-state index contributed by atoms with van der Waals surface area (Å²) in [4.78, 5) is 32.2. The summed E-state index contributed by atoms with van der Waals surface area (Å²) >= 11 is 0. The van der Waals surface area contributed by atoms with Crippen molar-refractivity contribution in [1.82, 2.24) is 14.8 Å². The number of rotatable bonds is 3. The summed E-state index contributed by atoms with van der Waals surface area (Å²) in [7, 11) is 0. The third-order valence-electron chi connectivity index (χ3n) is 4.50. The first-order valence-electron chi connectivity index (χ1n) is 7.79. The van der Waals surface area contributed by atoms with Crippen molar-refractivity contribution in [1.29, 1.82) is 0 Å². The first-order chi connectivity index (χ1) is 11.1. The molecule has 0 N–H and O–H groups in total. The quantitative estimate of drug-likeness (QED) is 0.817. The van der Waals surface area contributed by atoms with E-state index >= 15 is 0 Å². The summed E-state index contributed by atoms with van der Waals surface area (Å²) in [5.74, 6) is 1.03. The Hall–Kier alpha value is -2.63. The number of carbonyl (C=O) groups excluding carboxylic acids is 2. The van der Waals surface area contributed by atoms with Gasteiger partial charge in [-0.25, -0.2) is 9.78 Å². The molecule has 0 unspecified atom stereocenters. The maximum atomic E-state index is 12.4. The van der Waals surface area contributed by atoms with E-state index in [0.717, 1.165) is 18.4 Å². The Bertz CT molecular complexity index is 747. The van der Waals surface area contributed by atoms with Crippen LogP contribution in [0.5, 0.6) is 0 Å². The van der Waals surface area contributed by atoms with Crippen LogP contribution in [-0.4, -0.2) is 39.3 Å². The van der Waals surface area contributed by atoms with E-state index in [0.29, 0.717) is 23.9 Å². The number of fused-ring (bicyclic) bond motifs is 1. The molecule has 23 heavy (non-hydrogen) atoms. The lowest BCUT2D eigenvalue weighted by atomic mass is 10.2.